The summed E-state index contributed by atoms with van der Waals surface area (Å²) in [6, 6.07) is 11.5. The number of pyridine rings is 3. The summed E-state index contributed by atoms with van der Waals surface area (Å²) >= 11 is 0. The maximum Gasteiger partial charge on any atom is 0.259 e. The van der Waals surface area contributed by atoms with Crippen LogP contribution in [0.15, 0.2) is 59.7 Å². The summed E-state index contributed by atoms with van der Waals surface area (Å²) in [4.78, 5) is 40.7. The van der Waals surface area contributed by atoms with Crippen LogP contribution < -0.4 is 21.1 Å². The molecule has 10 heteroatoms. The van der Waals surface area contributed by atoms with Crippen molar-refractivity contribution in [2.45, 2.75) is 6.92 Å². The van der Waals surface area contributed by atoms with Gasteiger partial charge in [-0.2, -0.15) is 0 Å². The van der Waals surface area contributed by atoms with Crippen LogP contribution in [0.3, 0.4) is 0 Å². The van der Waals surface area contributed by atoms with Crippen LogP contribution in [0.4, 0.5) is 21.6 Å². The van der Waals surface area contributed by atoms with Gasteiger partial charge in [0.1, 0.15) is 11.6 Å². The summed E-state index contributed by atoms with van der Waals surface area (Å²) in [7, 11) is 1.67. The lowest BCUT2D eigenvalue weighted by atomic mass is 10.0. The molecule has 1 aliphatic heterocycles. The maximum absolute atomic E-state index is 15.2. The lowest BCUT2D eigenvalue weighted by Crippen LogP contribution is -2.43. The van der Waals surface area contributed by atoms with E-state index in [2.05, 4.69) is 30.5 Å². The molecule has 9 nitrogen and oxygen atoms in total. The number of hydrogen-bond donors (Lipinski definition) is 3. The van der Waals surface area contributed by atoms with Crippen LogP contribution in [-0.4, -0.2) is 65.5 Å². The molecule has 190 valence electrons. The Labute approximate surface area is 213 Å². The van der Waals surface area contributed by atoms with Crippen molar-refractivity contribution >= 4 is 34.0 Å². The number of nitrogens with one attached hydrogen (secondary N) is 3. The first-order valence-electron chi connectivity index (χ1n) is 12.2. The quantitative estimate of drug-likeness (QED) is 0.372. The Morgan fingerprint density at radius 2 is 1.97 bits per heavy atom. The van der Waals surface area contributed by atoms with Crippen molar-refractivity contribution in [1.82, 2.24) is 25.2 Å². The molecule has 0 atom stereocenters. The number of anilines is 3. The van der Waals surface area contributed by atoms with Crippen LogP contribution in [0.5, 0.6) is 0 Å². The van der Waals surface area contributed by atoms with E-state index < -0.39 is 5.82 Å². The molecule has 1 aromatic carbocycles. The molecule has 0 unspecified atom stereocenters. The van der Waals surface area contributed by atoms with Crippen LogP contribution in [-0.2, 0) is 0 Å². The Balaban J connectivity index is 1.51. The summed E-state index contributed by atoms with van der Waals surface area (Å²) in [6.07, 6.45) is 3.30. The van der Waals surface area contributed by atoms with Gasteiger partial charge in [0.15, 0.2) is 0 Å². The fraction of sp³-hybridized carbons (Fsp3) is 0.259. The number of rotatable bonds is 6. The molecular formula is C27H28FN7O2. The molecule has 0 aliphatic carbocycles. The summed E-state index contributed by atoms with van der Waals surface area (Å²) in [5, 5.41) is 6.89. The third-order valence-corrected chi connectivity index (χ3v) is 6.54. The van der Waals surface area contributed by atoms with Crippen LogP contribution in [0.2, 0.25) is 0 Å². The lowest BCUT2D eigenvalue weighted by molar-refractivity contribution is 0.0802. The van der Waals surface area contributed by atoms with Crippen molar-refractivity contribution in [3.63, 3.8) is 0 Å². The number of hydrogen-bond acceptors (Lipinski definition) is 7. The molecule has 4 heterocycles. The average Bonchev–Trinajstić information content (AvgIpc) is 2.93. The van der Waals surface area contributed by atoms with E-state index in [-0.39, 0.29) is 22.6 Å². The molecule has 3 N–H and O–H groups in total. The number of H-pyrrole nitrogens is 1. The maximum atomic E-state index is 15.2. The predicted molar refractivity (Wildman–Crippen MR) is 143 cm³/mol. The zero-order valence-electron chi connectivity index (χ0n) is 20.7. The summed E-state index contributed by atoms with van der Waals surface area (Å²) in [5.74, 6) is -0.287. The second kappa shape index (κ2) is 10.4. The number of benzene rings is 1. The Morgan fingerprint density at radius 3 is 2.68 bits per heavy atom. The van der Waals surface area contributed by atoms with Crippen LogP contribution in [0.25, 0.3) is 22.2 Å². The van der Waals surface area contributed by atoms with Gasteiger partial charge in [0.25, 0.3) is 11.5 Å². The van der Waals surface area contributed by atoms with Crippen LogP contribution in [0, 0.1) is 5.82 Å². The molecule has 1 fully saturated rings. The van der Waals surface area contributed by atoms with Gasteiger partial charge in [-0.15, -0.1) is 0 Å². The molecule has 1 amide bonds. The molecule has 5 rings (SSSR count). The highest BCUT2D eigenvalue weighted by atomic mass is 19.1. The fourth-order valence-corrected chi connectivity index (χ4v) is 4.36. The van der Waals surface area contributed by atoms with E-state index >= 15 is 4.39 Å². The van der Waals surface area contributed by atoms with E-state index in [0.29, 0.717) is 34.6 Å². The molecular weight excluding hydrogens is 473 g/mol. The predicted octanol–water partition coefficient (Wildman–Crippen LogP) is 3.37. The van der Waals surface area contributed by atoms with Gasteiger partial charge in [-0.25, -0.2) is 14.4 Å². The third-order valence-electron chi connectivity index (χ3n) is 6.54. The largest absolute Gasteiger partial charge is 0.368 e. The van der Waals surface area contributed by atoms with E-state index in [1.165, 1.54) is 23.2 Å². The molecule has 0 bridgehead atoms. The Kier molecular flexibility index (Phi) is 6.82. The highest BCUT2D eigenvalue weighted by Crippen LogP contribution is 2.30. The average molecular weight is 502 g/mol. The molecule has 1 saturated heterocycles. The van der Waals surface area contributed by atoms with Crippen LogP contribution in [0.1, 0.15) is 17.3 Å². The van der Waals surface area contributed by atoms with Gasteiger partial charge in [-0.3, -0.25) is 9.59 Å². The van der Waals surface area contributed by atoms with Gasteiger partial charge in [-0.1, -0.05) is 0 Å². The minimum Gasteiger partial charge on any atom is -0.368 e. The van der Waals surface area contributed by atoms with Crippen molar-refractivity contribution in [3.05, 3.63) is 76.6 Å². The molecule has 0 radical (unpaired) electrons. The standard InChI is InChI=1S/C27H28FN7O2/c1-3-34(2)27(37)17-4-6-19(20(28)14-17)22-15-23(25-21(32-22)8-9-30-26(25)36)33-24-7-5-18(16-31-24)35-12-10-29-11-13-35/h4-9,14-16,29H,3,10-13H2,1-2H3,(H,30,36)(H,31,32,33). The Bertz CT molecular complexity index is 1500. The second-order valence-corrected chi connectivity index (χ2v) is 8.90. The number of amides is 1. The van der Waals surface area contributed by atoms with Gasteiger partial charge >= 0.3 is 0 Å². The lowest BCUT2D eigenvalue weighted by Gasteiger charge is -2.29. The van der Waals surface area contributed by atoms with Gasteiger partial charge in [-0.05, 0) is 49.4 Å². The summed E-state index contributed by atoms with van der Waals surface area (Å²) in [6.45, 7) is 6.04. The molecule has 3 aromatic heterocycles. The summed E-state index contributed by atoms with van der Waals surface area (Å²) in [5.41, 5.74) is 2.38. The van der Waals surface area contributed by atoms with E-state index in [9.17, 15) is 9.59 Å². The molecule has 37 heavy (non-hydrogen) atoms. The zero-order valence-corrected chi connectivity index (χ0v) is 20.7. The number of carbonyl (C=O) groups is 1. The van der Waals surface area contributed by atoms with Gasteiger partial charge in [0.2, 0.25) is 0 Å². The molecule has 1 aliphatic rings. The highest BCUT2D eigenvalue weighted by Gasteiger charge is 2.17. The Morgan fingerprint density at radius 1 is 1.16 bits per heavy atom. The van der Waals surface area contributed by atoms with Crippen molar-refractivity contribution in [2.24, 2.45) is 0 Å². The number of halogens is 1. The normalized spacial score (nSPS) is 13.5. The molecule has 4 aromatic rings. The smallest absolute Gasteiger partial charge is 0.259 e. The number of carbonyl (C=O) groups excluding carboxylic acids is 1. The van der Waals surface area contributed by atoms with E-state index in [4.69, 9.17) is 0 Å². The van der Waals surface area contributed by atoms with Crippen LogP contribution >= 0.6 is 0 Å². The second-order valence-electron chi connectivity index (χ2n) is 8.90. The minimum absolute atomic E-state index is 0.225. The fourth-order valence-electron chi connectivity index (χ4n) is 4.36. The number of fused-ring (bicyclic) bond motifs is 1. The monoisotopic (exact) mass is 501 g/mol. The first kappa shape index (κ1) is 24.4. The first-order valence-corrected chi connectivity index (χ1v) is 12.2. The van der Waals surface area contributed by atoms with E-state index in [1.807, 2.05) is 19.1 Å². The number of nitrogens with zero attached hydrogens (tertiary/aromatic N) is 4. The molecule has 0 saturated carbocycles. The van der Waals surface area contributed by atoms with Crippen molar-refractivity contribution in [2.75, 3.05) is 50.0 Å². The zero-order chi connectivity index (χ0) is 25.9. The SMILES string of the molecule is CCN(C)C(=O)c1ccc(-c2cc(Nc3ccc(N4CCNCC4)cn3)c3c(=O)[nH]ccc3n2)c(F)c1. The minimum atomic E-state index is -0.573. The summed E-state index contributed by atoms with van der Waals surface area (Å²) < 4.78 is 15.2. The van der Waals surface area contributed by atoms with E-state index in [0.717, 1.165) is 31.9 Å². The van der Waals surface area contributed by atoms with E-state index in [1.54, 1.807) is 31.4 Å². The van der Waals surface area contributed by atoms with Crippen molar-refractivity contribution in [3.8, 4) is 11.3 Å². The van der Waals surface area contributed by atoms with Gasteiger partial charge < -0.3 is 25.4 Å². The number of aromatic nitrogens is 3. The van der Waals surface area contributed by atoms with Crippen molar-refractivity contribution in [1.29, 1.82) is 0 Å². The third kappa shape index (κ3) is 5.01. The topological polar surface area (TPSA) is 106 Å². The van der Waals surface area contributed by atoms with Gasteiger partial charge in [0.05, 0.1) is 34.2 Å². The Hall–Kier alpha value is -4.31. The number of piperazine rings is 1. The van der Waals surface area contributed by atoms with Crippen molar-refractivity contribution < 1.29 is 9.18 Å². The molecule has 0 spiro atoms. The highest BCUT2D eigenvalue weighted by molar-refractivity contribution is 5.96. The first-order chi connectivity index (χ1) is 17.9. The number of aromatic amines is 1. The van der Waals surface area contributed by atoms with Gasteiger partial charge in [0, 0.05) is 57.1 Å².